The molecule has 3 nitrogen and oxygen atoms in total. The van der Waals surface area contributed by atoms with Gasteiger partial charge in [0.25, 0.3) is 5.56 Å². The Kier molecular flexibility index (Phi) is 2.34. The molecule has 1 heterocycles. The number of hydrogen-bond donors (Lipinski definition) is 1. The Labute approximate surface area is 66.8 Å². The van der Waals surface area contributed by atoms with E-state index >= 15 is 0 Å². The molecule has 0 aliphatic rings. The van der Waals surface area contributed by atoms with Gasteiger partial charge in [-0.25, -0.2) is 4.98 Å². The SMILES string of the molecule is CSc1nc[nH]c(=O)c1Cl. The number of halogens is 1. The molecule has 0 fully saturated rings. The first-order chi connectivity index (χ1) is 4.75. The Bertz CT molecular complexity index is 285. The lowest BCUT2D eigenvalue weighted by Crippen LogP contribution is -2.07. The van der Waals surface area contributed by atoms with Crippen LogP contribution in [0.2, 0.25) is 5.02 Å². The summed E-state index contributed by atoms with van der Waals surface area (Å²) < 4.78 is 0. The molecule has 1 N–H and O–H groups in total. The van der Waals surface area contributed by atoms with Crippen molar-refractivity contribution in [1.29, 1.82) is 0 Å². The molecular weight excluding hydrogens is 172 g/mol. The van der Waals surface area contributed by atoms with Crippen LogP contribution >= 0.6 is 23.4 Å². The fourth-order valence-corrected chi connectivity index (χ4v) is 1.27. The Morgan fingerprint density at radius 3 is 3.00 bits per heavy atom. The Balaban J connectivity index is 3.28. The van der Waals surface area contributed by atoms with Crippen LogP contribution in [0.4, 0.5) is 0 Å². The van der Waals surface area contributed by atoms with Crippen LogP contribution in [0.3, 0.4) is 0 Å². The molecule has 0 aliphatic carbocycles. The summed E-state index contributed by atoms with van der Waals surface area (Å²) in [6, 6.07) is 0. The molecule has 0 unspecified atom stereocenters. The van der Waals surface area contributed by atoms with Crippen molar-refractivity contribution in [2.45, 2.75) is 5.03 Å². The number of hydrogen-bond acceptors (Lipinski definition) is 3. The van der Waals surface area contributed by atoms with Crippen molar-refractivity contribution in [2.24, 2.45) is 0 Å². The highest BCUT2D eigenvalue weighted by Crippen LogP contribution is 2.16. The minimum atomic E-state index is -0.291. The highest BCUT2D eigenvalue weighted by molar-refractivity contribution is 7.98. The maximum atomic E-state index is 10.8. The van der Waals surface area contributed by atoms with Crippen LogP contribution in [-0.4, -0.2) is 16.2 Å². The normalized spacial score (nSPS) is 9.80. The molecule has 0 atom stereocenters. The minimum Gasteiger partial charge on any atom is -0.312 e. The Morgan fingerprint density at radius 1 is 1.80 bits per heavy atom. The van der Waals surface area contributed by atoms with Crippen LogP contribution in [0.5, 0.6) is 0 Å². The van der Waals surface area contributed by atoms with E-state index in [0.717, 1.165) is 0 Å². The van der Waals surface area contributed by atoms with Gasteiger partial charge in [0.2, 0.25) is 0 Å². The smallest absolute Gasteiger partial charge is 0.270 e. The monoisotopic (exact) mass is 176 g/mol. The molecule has 0 aliphatic heterocycles. The predicted molar refractivity (Wildman–Crippen MR) is 41.6 cm³/mol. The third-order valence-corrected chi connectivity index (χ3v) is 2.12. The third-order valence-electron chi connectivity index (χ3n) is 0.958. The molecule has 5 heteroatoms. The molecule has 0 aromatic carbocycles. The fourth-order valence-electron chi connectivity index (χ4n) is 0.509. The summed E-state index contributed by atoms with van der Waals surface area (Å²) in [5.74, 6) is 0. The lowest BCUT2D eigenvalue weighted by atomic mass is 10.7. The lowest BCUT2D eigenvalue weighted by Gasteiger charge is -1.93. The standard InChI is InChI=1S/C5H5ClN2OS/c1-10-5-3(6)4(9)7-2-8-5/h2H,1H3,(H,7,8,9). The summed E-state index contributed by atoms with van der Waals surface area (Å²) >= 11 is 6.91. The fraction of sp³-hybridized carbons (Fsp3) is 0.200. The molecule has 54 valence electrons. The van der Waals surface area contributed by atoms with E-state index in [-0.39, 0.29) is 10.6 Å². The summed E-state index contributed by atoms with van der Waals surface area (Å²) in [6.07, 6.45) is 3.15. The van der Waals surface area contributed by atoms with Crippen LogP contribution in [0.1, 0.15) is 0 Å². The zero-order valence-electron chi connectivity index (χ0n) is 5.22. The van der Waals surface area contributed by atoms with Crippen LogP contribution in [0.15, 0.2) is 16.1 Å². The number of aromatic amines is 1. The summed E-state index contributed by atoms with van der Waals surface area (Å²) in [5.41, 5.74) is -0.291. The molecule has 10 heavy (non-hydrogen) atoms. The maximum absolute atomic E-state index is 10.8. The van der Waals surface area contributed by atoms with E-state index in [1.165, 1.54) is 18.1 Å². The van der Waals surface area contributed by atoms with Gasteiger partial charge in [-0.3, -0.25) is 4.79 Å². The topological polar surface area (TPSA) is 45.8 Å². The molecule has 0 radical (unpaired) electrons. The molecule has 0 amide bonds. The second kappa shape index (κ2) is 3.07. The molecule has 0 bridgehead atoms. The quantitative estimate of drug-likeness (QED) is 0.516. The number of rotatable bonds is 1. The van der Waals surface area contributed by atoms with Crippen molar-refractivity contribution in [3.05, 3.63) is 21.7 Å². The number of thioether (sulfide) groups is 1. The van der Waals surface area contributed by atoms with Gasteiger partial charge in [-0.15, -0.1) is 11.8 Å². The van der Waals surface area contributed by atoms with Gasteiger partial charge in [-0.05, 0) is 6.26 Å². The van der Waals surface area contributed by atoms with Gasteiger partial charge in [0.1, 0.15) is 10.0 Å². The van der Waals surface area contributed by atoms with E-state index in [2.05, 4.69) is 9.97 Å². The van der Waals surface area contributed by atoms with E-state index in [1.807, 2.05) is 6.26 Å². The summed E-state index contributed by atoms with van der Waals surface area (Å²) in [5, 5.41) is 0.723. The average molecular weight is 177 g/mol. The van der Waals surface area contributed by atoms with E-state index in [1.54, 1.807) is 0 Å². The van der Waals surface area contributed by atoms with Gasteiger partial charge >= 0.3 is 0 Å². The molecule has 1 aromatic heterocycles. The first-order valence-electron chi connectivity index (χ1n) is 2.53. The van der Waals surface area contributed by atoms with E-state index in [9.17, 15) is 4.79 Å². The van der Waals surface area contributed by atoms with Gasteiger partial charge in [0.05, 0.1) is 6.33 Å². The van der Waals surface area contributed by atoms with Gasteiger partial charge in [-0.1, -0.05) is 11.6 Å². The first-order valence-corrected chi connectivity index (χ1v) is 4.13. The van der Waals surface area contributed by atoms with Gasteiger partial charge in [0.15, 0.2) is 0 Å². The summed E-state index contributed by atoms with van der Waals surface area (Å²) in [7, 11) is 0. The Morgan fingerprint density at radius 2 is 2.50 bits per heavy atom. The highest BCUT2D eigenvalue weighted by atomic mass is 35.5. The summed E-state index contributed by atoms with van der Waals surface area (Å²) in [4.78, 5) is 17.0. The van der Waals surface area contributed by atoms with Gasteiger partial charge in [-0.2, -0.15) is 0 Å². The third kappa shape index (κ3) is 1.33. The van der Waals surface area contributed by atoms with Crippen LogP contribution in [0, 0.1) is 0 Å². The highest BCUT2D eigenvalue weighted by Gasteiger charge is 2.01. The van der Waals surface area contributed by atoms with Gasteiger partial charge < -0.3 is 4.98 Å². The average Bonchev–Trinajstić information content (AvgIpc) is 1.95. The van der Waals surface area contributed by atoms with E-state index in [0.29, 0.717) is 5.03 Å². The summed E-state index contributed by atoms with van der Waals surface area (Å²) in [6.45, 7) is 0. The molecule has 0 saturated carbocycles. The number of aromatic nitrogens is 2. The zero-order chi connectivity index (χ0) is 7.56. The zero-order valence-corrected chi connectivity index (χ0v) is 6.79. The first kappa shape index (κ1) is 7.63. The molecule has 0 spiro atoms. The van der Waals surface area contributed by atoms with E-state index in [4.69, 9.17) is 11.6 Å². The van der Waals surface area contributed by atoms with E-state index < -0.39 is 0 Å². The second-order valence-electron chi connectivity index (χ2n) is 1.55. The van der Waals surface area contributed by atoms with Crippen molar-refractivity contribution in [3.63, 3.8) is 0 Å². The second-order valence-corrected chi connectivity index (χ2v) is 2.73. The van der Waals surface area contributed by atoms with Crippen molar-refractivity contribution in [3.8, 4) is 0 Å². The van der Waals surface area contributed by atoms with Crippen molar-refractivity contribution < 1.29 is 0 Å². The van der Waals surface area contributed by atoms with Crippen LogP contribution in [-0.2, 0) is 0 Å². The number of nitrogens with zero attached hydrogens (tertiary/aromatic N) is 1. The number of H-pyrrole nitrogens is 1. The molecule has 1 rings (SSSR count). The predicted octanol–water partition coefficient (Wildman–Crippen LogP) is 1.15. The number of nitrogens with one attached hydrogen (secondary N) is 1. The van der Waals surface area contributed by atoms with Crippen molar-refractivity contribution in [2.75, 3.05) is 6.26 Å². The van der Waals surface area contributed by atoms with Crippen LogP contribution < -0.4 is 5.56 Å². The lowest BCUT2D eigenvalue weighted by molar-refractivity contribution is 1.02. The van der Waals surface area contributed by atoms with Crippen molar-refractivity contribution >= 4 is 23.4 Å². The maximum Gasteiger partial charge on any atom is 0.270 e. The minimum absolute atomic E-state index is 0.162. The Hall–Kier alpha value is -0.480. The molecule has 1 aromatic rings. The van der Waals surface area contributed by atoms with Gasteiger partial charge in [0, 0.05) is 0 Å². The molecular formula is C5H5ClN2OS. The van der Waals surface area contributed by atoms with Crippen molar-refractivity contribution in [1.82, 2.24) is 9.97 Å². The molecule has 0 saturated heterocycles. The van der Waals surface area contributed by atoms with Crippen LogP contribution in [0.25, 0.3) is 0 Å². The largest absolute Gasteiger partial charge is 0.312 e.